The van der Waals surface area contributed by atoms with Crippen LogP contribution in [0.15, 0.2) is 5.16 Å². The zero-order chi connectivity index (χ0) is 11.9. The summed E-state index contributed by atoms with van der Waals surface area (Å²) >= 11 is 1.59. The summed E-state index contributed by atoms with van der Waals surface area (Å²) in [5.41, 5.74) is 2.84. The van der Waals surface area contributed by atoms with Crippen molar-refractivity contribution in [1.29, 1.82) is 0 Å². The van der Waals surface area contributed by atoms with Crippen LogP contribution < -0.4 is 0 Å². The molecule has 0 bridgehead atoms. The number of fused-ring (bicyclic) bond motifs is 2. The average molecular weight is 249 g/mol. The molecule has 1 saturated carbocycles. The van der Waals surface area contributed by atoms with Crippen molar-refractivity contribution in [3.63, 3.8) is 0 Å². The highest BCUT2D eigenvalue weighted by Gasteiger charge is 2.41. The first-order chi connectivity index (χ1) is 8.21. The molecule has 0 radical (unpaired) electrons. The van der Waals surface area contributed by atoms with Gasteiger partial charge in [0.25, 0.3) is 0 Å². The van der Waals surface area contributed by atoms with Gasteiger partial charge >= 0.3 is 0 Å². The highest BCUT2D eigenvalue weighted by Crippen LogP contribution is 2.47. The second-order valence-electron chi connectivity index (χ2n) is 5.67. The molecule has 0 N–H and O–H groups in total. The molecule has 2 aliphatic carbocycles. The smallest absolute Gasteiger partial charge is 0.209 e. The molecule has 1 aromatic heterocycles. The van der Waals surface area contributed by atoms with Gasteiger partial charge in [0, 0.05) is 0 Å². The third-order valence-electron chi connectivity index (χ3n) is 4.55. The Morgan fingerprint density at radius 1 is 1.24 bits per heavy atom. The molecular formula is C13H19N3S. The Balaban J connectivity index is 1.95. The van der Waals surface area contributed by atoms with Crippen molar-refractivity contribution in [1.82, 2.24) is 15.2 Å². The fourth-order valence-electron chi connectivity index (χ4n) is 3.42. The lowest BCUT2D eigenvalue weighted by molar-refractivity contribution is 0.0992. The summed E-state index contributed by atoms with van der Waals surface area (Å²) in [6.45, 7) is 2.45. The Bertz CT molecular complexity index is 435. The molecule has 2 aliphatic rings. The molecule has 4 heteroatoms. The van der Waals surface area contributed by atoms with Crippen molar-refractivity contribution in [2.75, 3.05) is 6.26 Å². The molecule has 1 aromatic rings. The van der Waals surface area contributed by atoms with E-state index in [2.05, 4.69) is 22.1 Å². The van der Waals surface area contributed by atoms with E-state index in [1.54, 1.807) is 11.8 Å². The third kappa shape index (κ3) is 1.96. The largest absolute Gasteiger partial charge is 0.224 e. The van der Waals surface area contributed by atoms with E-state index >= 15 is 0 Å². The van der Waals surface area contributed by atoms with Gasteiger partial charge < -0.3 is 0 Å². The highest BCUT2D eigenvalue weighted by molar-refractivity contribution is 7.98. The standard InChI is InChI=1S/C13H19N3S/c1-13-6-4-3-5-9(13)7-10-11(8-13)14-12(17-2)16-15-10/h9H,3-8H2,1-2H3/t9-,13-/m0/s1. The summed E-state index contributed by atoms with van der Waals surface area (Å²) < 4.78 is 0. The van der Waals surface area contributed by atoms with Crippen LogP contribution in [0, 0.1) is 11.3 Å². The highest BCUT2D eigenvalue weighted by atomic mass is 32.2. The Hall–Kier alpha value is -0.640. The van der Waals surface area contributed by atoms with Crippen LogP contribution in [0.25, 0.3) is 0 Å². The third-order valence-corrected chi connectivity index (χ3v) is 5.09. The maximum absolute atomic E-state index is 4.66. The molecule has 0 spiro atoms. The molecule has 2 atom stereocenters. The van der Waals surface area contributed by atoms with E-state index in [0.29, 0.717) is 5.41 Å². The van der Waals surface area contributed by atoms with Crippen LogP contribution in [-0.4, -0.2) is 21.4 Å². The van der Waals surface area contributed by atoms with Gasteiger partial charge in [0.15, 0.2) is 0 Å². The molecule has 0 unspecified atom stereocenters. The number of aromatic nitrogens is 3. The Morgan fingerprint density at radius 2 is 2.12 bits per heavy atom. The normalized spacial score (nSPS) is 31.8. The van der Waals surface area contributed by atoms with Crippen molar-refractivity contribution in [2.45, 2.75) is 50.6 Å². The second-order valence-corrected chi connectivity index (χ2v) is 6.44. The monoisotopic (exact) mass is 249 g/mol. The minimum Gasteiger partial charge on any atom is -0.224 e. The molecule has 1 heterocycles. The van der Waals surface area contributed by atoms with Gasteiger partial charge in [-0.25, -0.2) is 4.98 Å². The Kier molecular flexibility index (Phi) is 2.85. The number of nitrogens with zero attached hydrogens (tertiary/aromatic N) is 3. The van der Waals surface area contributed by atoms with Crippen molar-refractivity contribution in [2.24, 2.45) is 11.3 Å². The second kappa shape index (κ2) is 4.23. The number of hydrogen-bond donors (Lipinski definition) is 0. The summed E-state index contributed by atoms with van der Waals surface area (Å²) in [5.74, 6) is 0.806. The van der Waals surface area contributed by atoms with Crippen LogP contribution in [0.1, 0.15) is 44.0 Å². The molecule has 1 fully saturated rings. The molecule has 0 saturated heterocycles. The SMILES string of the molecule is CSc1nnc2c(n1)C[C@]1(C)CCCC[C@H]1C2. The van der Waals surface area contributed by atoms with Crippen molar-refractivity contribution < 1.29 is 0 Å². The van der Waals surface area contributed by atoms with Crippen LogP contribution >= 0.6 is 11.8 Å². The molecule has 0 amide bonds. The van der Waals surface area contributed by atoms with E-state index in [1.165, 1.54) is 31.4 Å². The average Bonchev–Trinajstić information content (AvgIpc) is 2.34. The van der Waals surface area contributed by atoms with E-state index in [4.69, 9.17) is 0 Å². The quantitative estimate of drug-likeness (QED) is 0.717. The van der Waals surface area contributed by atoms with Gasteiger partial charge in [-0.3, -0.25) is 0 Å². The predicted molar refractivity (Wildman–Crippen MR) is 69.1 cm³/mol. The first-order valence-electron chi connectivity index (χ1n) is 6.48. The predicted octanol–water partition coefficient (Wildman–Crippen LogP) is 2.89. The van der Waals surface area contributed by atoms with Crippen molar-refractivity contribution in [3.8, 4) is 0 Å². The first kappa shape index (κ1) is 11.5. The van der Waals surface area contributed by atoms with E-state index < -0.39 is 0 Å². The summed E-state index contributed by atoms with van der Waals surface area (Å²) in [6, 6.07) is 0. The van der Waals surface area contributed by atoms with E-state index in [9.17, 15) is 0 Å². The number of thioether (sulfide) groups is 1. The minimum absolute atomic E-state index is 0.469. The minimum atomic E-state index is 0.469. The summed E-state index contributed by atoms with van der Waals surface area (Å²) in [6.07, 6.45) is 9.71. The van der Waals surface area contributed by atoms with Gasteiger partial charge in [0.1, 0.15) is 0 Å². The lowest BCUT2D eigenvalue weighted by atomic mass is 9.61. The van der Waals surface area contributed by atoms with E-state index in [1.807, 2.05) is 6.26 Å². The van der Waals surface area contributed by atoms with Crippen molar-refractivity contribution in [3.05, 3.63) is 11.4 Å². The van der Waals surface area contributed by atoms with Crippen LogP contribution in [0.5, 0.6) is 0 Å². The van der Waals surface area contributed by atoms with E-state index in [-0.39, 0.29) is 0 Å². The molecule has 0 aliphatic heterocycles. The fourth-order valence-corrected chi connectivity index (χ4v) is 3.74. The first-order valence-corrected chi connectivity index (χ1v) is 7.70. The van der Waals surface area contributed by atoms with Crippen LogP contribution in [0.3, 0.4) is 0 Å². The van der Waals surface area contributed by atoms with Gasteiger partial charge in [-0.2, -0.15) is 5.10 Å². The Labute approximate surface area is 107 Å². The van der Waals surface area contributed by atoms with Crippen LogP contribution in [0.2, 0.25) is 0 Å². The molecule has 17 heavy (non-hydrogen) atoms. The summed E-state index contributed by atoms with van der Waals surface area (Å²) in [5, 5.41) is 9.37. The zero-order valence-electron chi connectivity index (χ0n) is 10.6. The maximum atomic E-state index is 4.66. The summed E-state index contributed by atoms with van der Waals surface area (Å²) in [4.78, 5) is 4.66. The molecule has 3 rings (SSSR count). The molecule has 3 nitrogen and oxygen atoms in total. The van der Waals surface area contributed by atoms with Gasteiger partial charge in [-0.15, -0.1) is 5.10 Å². The van der Waals surface area contributed by atoms with Gasteiger partial charge in [0.05, 0.1) is 11.4 Å². The van der Waals surface area contributed by atoms with Crippen molar-refractivity contribution >= 4 is 11.8 Å². The fraction of sp³-hybridized carbons (Fsp3) is 0.769. The lowest BCUT2D eigenvalue weighted by Gasteiger charge is -2.44. The molecule has 92 valence electrons. The van der Waals surface area contributed by atoms with Crippen LogP contribution in [0.4, 0.5) is 0 Å². The van der Waals surface area contributed by atoms with E-state index in [0.717, 1.165) is 29.6 Å². The van der Waals surface area contributed by atoms with Gasteiger partial charge in [0.2, 0.25) is 5.16 Å². The van der Waals surface area contributed by atoms with Gasteiger partial charge in [-0.1, -0.05) is 31.5 Å². The topological polar surface area (TPSA) is 38.7 Å². The number of hydrogen-bond acceptors (Lipinski definition) is 4. The molecular weight excluding hydrogens is 230 g/mol. The zero-order valence-corrected chi connectivity index (χ0v) is 11.4. The van der Waals surface area contributed by atoms with Crippen LogP contribution in [-0.2, 0) is 12.8 Å². The lowest BCUT2D eigenvalue weighted by Crippen LogP contribution is -2.39. The summed E-state index contributed by atoms with van der Waals surface area (Å²) in [7, 11) is 0. The number of rotatable bonds is 1. The molecule has 0 aromatic carbocycles. The maximum Gasteiger partial charge on any atom is 0.209 e. The Morgan fingerprint density at radius 3 is 2.94 bits per heavy atom. The van der Waals surface area contributed by atoms with Gasteiger partial charge in [-0.05, 0) is 43.3 Å².